The molecule has 2 saturated carbocycles. The largest absolute Gasteiger partial charge is 0.0651 e. The zero-order valence-corrected chi connectivity index (χ0v) is 8.39. The van der Waals surface area contributed by atoms with Crippen molar-refractivity contribution in [1.29, 1.82) is 0 Å². The summed E-state index contributed by atoms with van der Waals surface area (Å²) in [6, 6.07) is 0. The lowest BCUT2D eigenvalue weighted by Crippen LogP contribution is -2.18. The highest BCUT2D eigenvalue weighted by Gasteiger charge is 2.35. The summed E-state index contributed by atoms with van der Waals surface area (Å²) in [5.41, 5.74) is 0. The molecule has 2 aliphatic carbocycles. The molecule has 0 spiro atoms. The van der Waals surface area contributed by atoms with Gasteiger partial charge in [-0.15, -0.1) is 0 Å². The first kappa shape index (κ1) is 8.59. The molecule has 0 bridgehead atoms. The van der Waals surface area contributed by atoms with Crippen LogP contribution in [0, 0.1) is 17.8 Å². The van der Waals surface area contributed by atoms with Crippen LogP contribution in [0.5, 0.6) is 0 Å². The van der Waals surface area contributed by atoms with Crippen LogP contribution in [0.25, 0.3) is 0 Å². The summed E-state index contributed by atoms with van der Waals surface area (Å²) >= 11 is 0. The Morgan fingerprint density at radius 1 is 0.917 bits per heavy atom. The molecular formula is C12H22. The molecule has 1 unspecified atom stereocenters. The lowest BCUT2D eigenvalue weighted by Gasteiger charge is -2.29. The molecule has 0 amide bonds. The second-order valence-corrected chi connectivity index (χ2v) is 4.81. The maximum Gasteiger partial charge on any atom is -0.0360 e. The molecule has 12 heavy (non-hydrogen) atoms. The second-order valence-electron chi connectivity index (χ2n) is 4.81. The zero-order valence-electron chi connectivity index (χ0n) is 8.39. The van der Waals surface area contributed by atoms with Crippen LogP contribution < -0.4 is 0 Å². The van der Waals surface area contributed by atoms with Gasteiger partial charge in [-0.25, -0.2) is 0 Å². The number of rotatable bonds is 3. The van der Waals surface area contributed by atoms with Crippen molar-refractivity contribution in [3.05, 3.63) is 0 Å². The van der Waals surface area contributed by atoms with Crippen LogP contribution in [0.15, 0.2) is 0 Å². The standard InChI is InChI=1S/C12H22/c1-2-12(11-8-9-11)10-6-4-3-5-7-10/h10-12H,2-9H2,1H3. The minimum Gasteiger partial charge on any atom is -0.0651 e. The minimum atomic E-state index is 1.12. The average Bonchev–Trinajstić information content (AvgIpc) is 2.92. The molecule has 0 saturated heterocycles. The summed E-state index contributed by atoms with van der Waals surface area (Å²) in [6.45, 7) is 2.40. The fraction of sp³-hybridized carbons (Fsp3) is 1.00. The Morgan fingerprint density at radius 3 is 2.00 bits per heavy atom. The van der Waals surface area contributed by atoms with E-state index >= 15 is 0 Å². The van der Waals surface area contributed by atoms with Gasteiger partial charge >= 0.3 is 0 Å². The summed E-state index contributed by atoms with van der Waals surface area (Å²) in [6.07, 6.45) is 12.2. The smallest absolute Gasteiger partial charge is 0.0360 e. The second kappa shape index (κ2) is 3.81. The minimum absolute atomic E-state index is 1.12. The Hall–Kier alpha value is 0. The molecular weight excluding hydrogens is 144 g/mol. The van der Waals surface area contributed by atoms with Crippen LogP contribution in [0.3, 0.4) is 0 Å². The molecule has 1 atom stereocenters. The molecule has 0 heteroatoms. The van der Waals surface area contributed by atoms with Gasteiger partial charge in [-0.2, -0.15) is 0 Å². The summed E-state index contributed by atoms with van der Waals surface area (Å²) in [4.78, 5) is 0. The van der Waals surface area contributed by atoms with E-state index in [0.29, 0.717) is 0 Å². The van der Waals surface area contributed by atoms with Crippen molar-refractivity contribution in [3.8, 4) is 0 Å². The Morgan fingerprint density at radius 2 is 1.50 bits per heavy atom. The van der Waals surface area contributed by atoms with Crippen molar-refractivity contribution in [2.45, 2.75) is 58.3 Å². The monoisotopic (exact) mass is 166 g/mol. The fourth-order valence-electron chi connectivity index (χ4n) is 3.14. The van der Waals surface area contributed by atoms with E-state index in [9.17, 15) is 0 Å². The molecule has 2 fully saturated rings. The third-order valence-corrected chi connectivity index (χ3v) is 3.95. The Bertz CT molecular complexity index is 129. The molecule has 0 aliphatic heterocycles. The summed E-state index contributed by atoms with van der Waals surface area (Å²) < 4.78 is 0. The normalized spacial score (nSPS) is 28.8. The van der Waals surface area contributed by atoms with E-state index in [1.165, 1.54) is 25.7 Å². The Labute approximate surface area is 76.7 Å². The lowest BCUT2D eigenvalue weighted by atomic mass is 9.76. The van der Waals surface area contributed by atoms with Crippen molar-refractivity contribution < 1.29 is 0 Å². The van der Waals surface area contributed by atoms with E-state index in [4.69, 9.17) is 0 Å². The molecule has 0 nitrogen and oxygen atoms in total. The quantitative estimate of drug-likeness (QED) is 0.594. The van der Waals surface area contributed by atoms with Gasteiger partial charge in [0.1, 0.15) is 0 Å². The molecule has 2 rings (SSSR count). The third kappa shape index (κ3) is 1.84. The lowest BCUT2D eigenvalue weighted by molar-refractivity contribution is 0.218. The van der Waals surface area contributed by atoms with Crippen molar-refractivity contribution in [3.63, 3.8) is 0 Å². The molecule has 0 N–H and O–H groups in total. The topological polar surface area (TPSA) is 0 Å². The molecule has 0 heterocycles. The molecule has 0 aromatic carbocycles. The Balaban J connectivity index is 1.85. The molecule has 0 aromatic heterocycles. The van der Waals surface area contributed by atoms with Crippen LogP contribution >= 0.6 is 0 Å². The van der Waals surface area contributed by atoms with Gasteiger partial charge in [0.15, 0.2) is 0 Å². The van der Waals surface area contributed by atoms with Gasteiger partial charge in [-0.1, -0.05) is 45.4 Å². The van der Waals surface area contributed by atoms with E-state index in [0.717, 1.165) is 17.8 Å². The average molecular weight is 166 g/mol. The van der Waals surface area contributed by atoms with Gasteiger partial charge in [-0.05, 0) is 30.6 Å². The predicted octanol–water partition coefficient (Wildman–Crippen LogP) is 4.00. The summed E-state index contributed by atoms with van der Waals surface area (Å²) in [5.74, 6) is 3.39. The van der Waals surface area contributed by atoms with Gasteiger partial charge in [0.25, 0.3) is 0 Å². The molecule has 0 radical (unpaired) electrons. The van der Waals surface area contributed by atoms with Crippen LogP contribution in [-0.2, 0) is 0 Å². The maximum absolute atomic E-state index is 2.40. The first-order valence-corrected chi connectivity index (χ1v) is 5.92. The highest BCUT2D eigenvalue weighted by Crippen LogP contribution is 2.46. The van der Waals surface area contributed by atoms with Gasteiger partial charge in [0.05, 0.1) is 0 Å². The van der Waals surface area contributed by atoms with Crippen LogP contribution in [0.1, 0.15) is 58.3 Å². The van der Waals surface area contributed by atoms with Crippen LogP contribution in [0.4, 0.5) is 0 Å². The van der Waals surface area contributed by atoms with Gasteiger partial charge in [0, 0.05) is 0 Å². The van der Waals surface area contributed by atoms with Gasteiger partial charge < -0.3 is 0 Å². The summed E-state index contributed by atoms with van der Waals surface area (Å²) in [7, 11) is 0. The van der Waals surface area contributed by atoms with Crippen LogP contribution in [0.2, 0.25) is 0 Å². The van der Waals surface area contributed by atoms with E-state index in [1.54, 1.807) is 25.7 Å². The molecule has 0 aromatic rings. The third-order valence-electron chi connectivity index (χ3n) is 3.95. The van der Waals surface area contributed by atoms with E-state index < -0.39 is 0 Å². The SMILES string of the molecule is CCC(C1CCCCC1)C1CC1. The highest BCUT2D eigenvalue weighted by atomic mass is 14.4. The van der Waals surface area contributed by atoms with Crippen molar-refractivity contribution in [2.24, 2.45) is 17.8 Å². The molecule has 2 aliphatic rings. The number of hydrogen-bond donors (Lipinski definition) is 0. The molecule has 70 valence electrons. The first-order valence-electron chi connectivity index (χ1n) is 5.92. The highest BCUT2D eigenvalue weighted by molar-refractivity contribution is 4.86. The fourth-order valence-corrected chi connectivity index (χ4v) is 3.14. The van der Waals surface area contributed by atoms with Crippen molar-refractivity contribution in [2.75, 3.05) is 0 Å². The van der Waals surface area contributed by atoms with Crippen molar-refractivity contribution in [1.82, 2.24) is 0 Å². The maximum atomic E-state index is 2.40. The summed E-state index contributed by atoms with van der Waals surface area (Å²) in [5, 5.41) is 0. The predicted molar refractivity (Wildman–Crippen MR) is 53.1 cm³/mol. The van der Waals surface area contributed by atoms with Gasteiger partial charge in [-0.3, -0.25) is 0 Å². The number of hydrogen-bond acceptors (Lipinski definition) is 0. The van der Waals surface area contributed by atoms with Gasteiger partial charge in [0.2, 0.25) is 0 Å². The first-order chi connectivity index (χ1) is 5.92. The van der Waals surface area contributed by atoms with Crippen molar-refractivity contribution >= 4 is 0 Å². The van der Waals surface area contributed by atoms with Crippen LogP contribution in [-0.4, -0.2) is 0 Å². The Kier molecular flexibility index (Phi) is 2.73. The van der Waals surface area contributed by atoms with E-state index in [-0.39, 0.29) is 0 Å². The van der Waals surface area contributed by atoms with E-state index in [1.807, 2.05) is 0 Å². The zero-order chi connectivity index (χ0) is 8.39. The van der Waals surface area contributed by atoms with E-state index in [2.05, 4.69) is 6.92 Å².